The van der Waals surface area contributed by atoms with Crippen molar-refractivity contribution >= 4 is 11.7 Å². The fourth-order valence-electron chi connectivity index (χ4n) is 6.63. The highest BCUT2D eigenvalue weighted by Gasteiger charge is 2.28. The van der Waals surface area contributed by atoms with Gasteiger partial charge in [0.25, 0.3) is 0 Å². The number of pyridine rings is 1. The number of rotatable bonds is 8. The quantitative estimate of drug-likeness (QED) is 0.606. The third-order valence-electron chi connectivity index (χ3n) is 8.94. The van der Waals surface area contributed by atoms with Crippen LogP contribution in [-0.2, 0) is 16.0 Å². The Labute approximate surface area is 210 Å². The van der Waals surface area contributed by atoms with E-state index in [4.69, 9.17) is 9.47 Å². The van der Waals surface area contributed by atoms with Crippen LogP contribution in [0.4, 0.5) is 5.82 Å². The highest BCUT2D eigenvalue weighted by molar-refractivity contribution is 5.76. The van der Waals surface area contributed by atoms with Crippen LogP contribution in [0.2, 0.25) is 0 Å². The molecule has 2 aliphatic carbocycles. The van der Waals surface area contributed by atoms with Gasteiger partial charge in [0, 0.05) is 63.9 Å². The zero-order valence-corrected chi connectivity index (χ0v) is 21.6. The van der Waals surface area contributed by atoms with E-state index in [1.165, 1.54) is 31.4 Å². The van der Waals surface area contributed by atoms with E-state index in [1.54, 1.807) is 7.11 Å². The lowest BCUT2D eigenvalue weighted by atomic mass is 9.83. The molecule has 0 bridgehead atoms. The van der Waals surface area contributed by atoms with E-state index in [0.29, 0.717) is 24.5 Å². The molecule has 1 aromatic heterocycles. The largest absolute Gasteiger partial charge is 0.493 e. The topological polar surface area (TPSA) is 66.9 Å². The zero-order chi connectivity index (χ0) is 24.0. The summed E-state index contributed by atoms with van der Waals surface area (Å²) in [4.78, 5) is 22.3. The van der Waals surface area contributed by atoms with E-state index in [9.17, 15) is 4.79 Å². The van der Waals surface area contributed by atoms with Gasteiger partial charge in [-0.1, -0.05) is 0 Å². The number of hydrogen-bond acceptors (Lipinski definition) is 6. The summed E-state index contributed by atoms with van der Waals surface area (Å²) in [6, 6.07) is 2.39. The maximum absolute atomic E-state index is 12.6. The molecule has 0 atom stereocenters. The van der Waals surface area contributed by atoms with Crippen molar-refractivity contribution in [1.82, 2.24) is 15.2 Å². The number of hydrogen-bond donors (Lipinski definition) is 1. The van der Waals surface area contributed by atoms with Crippen LogP contribution in [0.3, 0.4) is 0 Å². The summed E-state index contributed by atoms with van der Waals surface area (Å²) in [6.45, 7) is 6.32. The van der Waals surface area contributed by atoms with Crippen LogP contribution in [0.25, 0.3) is 0 Å². The number of carbonyl (C=O) groups excluding carboxylic acids is 1. The Hall–Kier alpha value is -1.86. The molecule has 35 heavy (non-hydrogen) atoms. The number of methoxy groups -OCH3 is 1. The van der Waals surface area contributed by atoms with Crippen LogP contribution < -0.4 is 15.0 Å². The summed E-state index contributed by atoms with van der Waals surface area (Å²) in [5.41, 5.74) is 1.29. The van der Waals surface area contributed by atoms with Gasteiger partial charge in [-0.2, -0.15) is 0 Å². The Morgan fingerprint density at radius 3 is 2.54 bits per heavy atom. The van der Waals surface area contributed by atoms with E-state index < -0.39 is 0 Å². The molecule has 3 heterocycles. The van der Waals surface area contributed by atoms with Crippen LogP contribution in [0, 0.1) is 11.8 Å². The highest BCUT2D eigenvalue weighted by atomic mass is 16.5. The minimum atomic E-state index is 0.275. The third kappa shape index (κ3) is 6.48. The smallest absolute Gasteiger partial charge is 0.220 e. The first-order valence-electron chi connectivity index (χ1n) is 14.1. The highest BCUT2D eigenvalue weighted by Crippen LogP contribution is 2.33. The van der Waals surface area contributed by atoms with Gasteiger partial charge in [0.15, 0.2) is 0 Å². The zero-order valence-electron chi connectivity index (χ0n) is 21.6. The van der Waals surface area contributed by atoms with Crippen LogP contribution in [0.1, 0.15) is 69.8 Å². The van der Waals surface area contributed by atoms with Crippen molar-refractivity contribution in [2.75, 3.05) is 51.3 Å². The molecule has 7 heteroatoms. The van der Waals surface area contributed by atoms with Crippen molar-refractivity contribution in [3.63, 3.8) is 0 Å². The molecule has 0 aromatic carbocycles. The number of fused-ring (bicyclic) bond motifs is 1. The number of carbonyl (C=O) groups is 1. The average Bonchev–Trinajstić information content (AvgIpc) is 3.38. The average molecular weight is 485 g/mol. The number of aromatic nitrogens is 1. The molecular formula is C28H44N4O3. The number of anilines is 1. The molecule has 0 radical (unpaired) electrons. The molecule has 5 rings (SSSR count). The van der Waals surface area contributed by atoms with Crippen LogP contribution in [0.15, 0.2) is 12.3 Å². The lowest BCUT2D eigenvalue weighted by Crippen LogP contribution is -2.47. The second kappa shape index (κ2) is 11.9. The van der Waals surface area contributed by atoms with Crippen molar-refractivity contribution in [3.05, 3.63) is 17.8 Å². The summed E-state index contributed by atoms with van der Waals surface area (Å²) in [6.07, 6.45) is 14.5. The number of ether oxygens (including phenoxy) is 2. The number of nitrogens with one attached hydrogen (secondary N) is 1. The minimum absolute atomic E-state index is 0.275. The van der Waals surface area contributed by atoms with Gasteiger partial charge in [-0.25, -0.2) is 4.98 Å². The molecule has 7 nitrogen and oxygen atoms in total. The Morgan fingerprint density at radius 1 is 1.06 bits per heavy atom. The van der Waals surface area contributed by atoms with Crippen molar-refractivity contribution in [2.45, 2.75) is 82.8 Å². The number of nitrogens with zero attached hydrogens (tertiary/aromatic N) is 3. The molecule has 0 unspecified atom stereocenters. The summed E-state index contributed by atoms with van der Waals surface area (Å²) in [5, 5.41) is 3.35. The molecule has 1 aromatic rings. The molecule has 1 amide bonds. The van der Waals surface area contributed by atoms with E-state index in [2.05, 4.69) is 20.1 Å². The summed E-state index contributed by atoms with van der Waals surface area (Å²) in [7, 11) is 1.80. The Morgan fingerprint density at radius 2 is 1.80 bits per heavy atom. The van der Waals surface area contributed by atoms with Crippen LogP contribution in [-0.4, -0.2) is 74.4 Å². The predicted octanol–water partition coefficient (Wildman–Crippen LogP) is 3.80. The molecule has 194 valence electrons. The van der Waals surface area contributed by atoms with E-state index >= 15 is 0 Å². The molecule has 1 saturated heterocycles. The monoisotopic (exact) mass is 484 g/mol. The molecular weight excluding hydrogens is 440 g/mol. The first-order valence-corrected chi connectivity index (χ1v) is 14.1. The second-order valence-electron chi connectivity index (χ2n) is 11.2. The van der Waals surface area contributed by atoms with Gasteiger partial charge in [0.2, 0.25) is 5.91 Å². The molecule has 0 spiro atoms. The lowest BCUT2D eigenvalue weighted by Gasteiger charge is -2.37. The maximum atomic E-state index is 12.6. The van der Waals surface area contributed by atoms with E-state index in [1.807, 2.05) is 12.3 Å². The van der Waals surface area contributed by atoms with Gasteiger partial charge in [-0.05, 0) is 82.2 Å². The normalized spacial score (nSPS) is 29.5. The van der Waals surface area contributed by atoms with E-state index in [0.717, 1.165) is 95.2 Å². The Balaban J connectivity index is 0.963. The van der Waals surface area contributed by atoms with Crippen molar-refractivity contribution in [3.8, 4) is 5.75 Å². The molecule has 4 aliphatic rings. The molecule has 2 aliphatic heterocycles. The summed E-state index contributed by atoms with van der Waals surface area (Å²) >= 11 is 0. The first kappa shape index (κ1) is 24.8. The summed E-state index contributed by atoms with van der Waals surface area (Å²) < 4.78 is 11.2. The van der Waals surface area contributed by atoms with E-state index in [-0.39, 0.29) is 5.91 Å². The predicted molar refractivity (Wildman–Crippen MR) is 138 cm³/mol. The maximum Gasteiger partial charge on any atom is 0.220 e. The van der Waals surface area contributed by atoms with Crippen molar-refractivity contribution < 1.29 is 14.3 Å². The van der Waals surface area contributed by atoms with Gasteiger partial charge < -0.3 is 19.7 Å². The molecule has 1 N–H and O–H groups in total. The fraction of sp³-hybridized carbons (Fsp3) is 0.786. The van der Waals surface area contributed by atoms with Crippen molar-refractivity contribution in [2.24, 2.45) is 11.8 Å². The minimum Gasteiger partial charge on any atom is -0.493 e. The van der Waals surface area contributed by atoms with Crippen molar-refractivity contribution in [1.29, 1.82) is 0 Å². The van der Waals surface area contributed by atoms with Gasteiger partial charge in [-0.15, -0.1) is 0 Å². The second-order valence-corrected chi connectivity index (χ2v) is 11.2. The summed E-state index contributed by atoms with van der Waals surface area (Å²) in [5.74, 6) is 3.80. The van der Waals surface area contributed by atoms with Gasteiger partial charge in [0.05, 0.1) is 12.7 Å². The van der Waals surface area contributed by atoms with Crippen LogP contribution in [0.5, 0.6) is 5.75 Å². The van der Waals surface area contributed by atoms with Gasteiger partial charge in [0.1, 0.15) is 11.6 Å². The standard InChI is InChI=1S/C28H44N4O3/c1-34-24-8-4-22(5-9-24)20-27(33)30-23-6-2-21(3-7-23)11-14-31-15-17-32(18-16-31)28-25-12-19-35-26(25)10-13-29-28/h10,13,21-24H,2-9,11-12,14-20H2,1H3,(H,30,33). The fourth-order valence-corrected chi connectivity index (χ4v) is 6.63. The lowest BCUT2D eigenvalue weighted by molar-refractivity contribution is -0.123. The number of piperazine rings is 1. The van der Waals surface area contributed by atoms with Gasteiger partial charge in [-0.3, -0.25) is 9.69 Å². The Kier molecular flexibility index (Phi) is 8.45. The first-order chi connectivity index (χ1) is 17.2. The van der Waals surface area contributed by atoms with Gasteiger partial charge >= 0.3 is 0 Å². The number of amides is 1. The molecule has 2 saturated carbocycles. The van der Waals surface area contributed by atoms with Crippen LogP contribution >= 0.6 is 0 Å². The Bertz CT molecular complexity index is 825. The SMILES string of the molecule is COC1CCC(CC(=O)NC2CCC(CCN3CCN(c4nccc5c4CCO5)CC3)CC2)CC1. The third-order valence-corrected chi connectivity index (χ3v) is 8.94. The molecule has 3 fully saturated rings.